The second-order valence-electron chi connectivity index (χ2n) is 4.07. The lowest BCUT2D eigenvalue weighted by Gasteiger charge is -2.09. The minimum Gasteiger partial charge on any atom is -0.490 e. The summed E-state index contributed by atoms with van der Waals surface area (Å²) >= 11 is 0. The Balaban J connectivity index is 1.74. The molecule has 0 radical (unpaired) electrons. The van der Waals surface area contributed by atoms with E-state index in [2.05, 4.69) is 0 Å². The average molecular weight is 259 g/mol. The maximum atomic E-state index is 8.92. The molecule has 0 aliphatic heterocycles. The van der Waals surface area contributed by atoms with Crippen molar-refractivity contribution in [1.29, 1.82) is 0 Å². The zero-order chi connectivity index (χ0) is 13.5. The van der Waals surface area contributed by atoms with Gasteiger partial charge in [0.2, 0.25) is 0 Å². The van der Waals surface area contributed by atoms with E-state index in [1.54, 1.807) is 6.07 Å². The molecule has 0 unspecified atom stereocenters. The minimum absolute atomic E-state index is 0.0405. The van der Waals surface area contributed by atoms with Crippen LogP contribution in [0.15, 0.2) is 48.5 Å². The van der Waals surface area contributed by atoms with Gasteiger partial charge >= 0.3 is 0 Å². The first-order chi connectivity index (χ1) is 9.28. The van der Waals surface area contributed by atoms with Crippen molar-refractivity contribution < 1.29 is 14.6 Å². The van der Waals surface area contributed by atoms with Crippen molar-refractivity contribution in [3.8, 4) is 11.5 Å². The molecule has 4 nitrogen and oxygen atoms in total. The Morgan fingerprint density at radius 2 is 1.58 bits per heavy atom. The third-order valence-corrected chi connectivity index (χ3v) is 2.58. The van der Waals surface area contributed by atoms with Crippen LogP contribution in [0.1, 0.15) is 5.56 Å². The van der Waals surface area contributed by atoms with Crippen LogP contribution < -0.4 is 15.2 Å². The highest BCUT2D eigenvalue weighted by Gasteiger charge is 1.97. The van der Waals surface area contributed by atoms with Crippen LogP contribution >= 0.6 is 0 Å². The molecule has 0 fully saturated rings. The predicted molar refractivity (Wildman–Crippen MR) is 74.2 cm³/mol. The molecule has 0 atom stereocenters. The van der Waals surface area contributed by atoms with Crippen molar-refractivity contribution in [3.63, 3.8) is 0 Å². The van der Waals surface area contributed by atoms with Crippen LogP contribution in [0.4, 0.5) is 5.69 Å². The molecule has 4 heteroatoms. The van der Waals surface area contributed by atoms with E-state index in [1.165, 1.54) is 0 Å². The minimum atomic E-state index is 0.0405. The van der Waals surface area contributed by atoms with Gasteiger partial charge in [-0.25, -0.2) is 0 Å². The van der Waals surface area contributed by atoms with Gasteiger partial charge in [0.05, 0.1) is 6.61 Å². The van der Waals surface area contributed by atoms with Crippen LogP contribution in [0.5, 0.6) is 11.5 Å². The van der Waals surface area contributed by atoms with Gasteiger partial charge in [0, 0.05) is 11.8 Å². The molecule has 0 bridgehead atoms. The van der Waals surface area contributed by atoms with E-state index in [-0.39, 0.29) is 6.61 Å². The fourth-order valence-corrected chi connectivity index (χ4v) is 1.61. The first-order valence-corrected chi connectivity index (χ1v) is 6.09. The molecular formula is C15H17NO3. The Labute approximate surface area is 112 Å². The van der Waals surface area contributed by atoms with Gasteiger partial charge < -0.3 is 20.3 Å². The highest BCUT2D eigenvalue weighted by Crippen LogP contribution is 2.15. The monoisotopic (exact) mass is 259 g/mol. The second-order valence-corrected chi connectivity index (χ2v) is 4.07. The molecule has 0 heterocycles. The lowest BCUT2D eigenvalue weighted by Crippen LogP contribution is -2.09. The predicted octanol–water partition coefficient (Wildman–Crippen LogP) is 2.22. The molecule has 0 aliphatic rings. The summed E-state index contributed by atoms with van der Waals surface area (Å²) in [5.74, 6) is 1.49. The van der Waals surface area contributed by atoms with Gasteiger partial charge in [0.15, 0.2) is 0 Å². The maximum absolute atomic E-state index is 8.92. The summed E-state index contributed by atoms with van der Waals surface area (Å²) in [4.78, 5) is 0. The third kappa shape index (κ3) is 4.19. The molecule has 19 heavy (non-hydrogen) atoms. The van der Waals surface area contributed by atoms with E-state index in [0.717, 1.165) is 17.1 Å². The zero-order valence-corrected chi connectivity index (χ0v) is 10.6. The van der Waals surface area contributed by atoms with E-state index >= 15 is 0 Å². The number of anilines is 1. The second kappa shape index (κ2) is 6.66. The van der Waals surface area contributed by atoms with Crippen LogP contribution in [-0.2, 0) is 6.61 Å². The van der Waals surface area contributed by atoms with Crippen LogP contribution in [0, 0.1) is 0 Å². The first kappa shape index (κ1) is 13.2. The zero-order valence-electron chi connectivity index (χ0n) is 10.6. The molecule has 2 rings (SSSR count). The van der Waals surface area contributed by atoms with E-state index in [9.17, 15) is 0 Å². The van der Waals surface area contributed by atoms with Crippen LogP contribution in [0.25, 0.3) is 0 Å². The van der Waals surface area contributed by atoms with Gasteiger partial charge in [-0.1, -0.05) is 18.2 Å². The number of aliphatic hydroxyl groups is 1. The molecule has 0 amide bonds. The number of hydrogen-bond acceptors (Lipinski definition) is 4. The van der Waals surface area contributed by atoms with Gasteiger partial charge in [-0.05, 0) is 29.8 Å². The molecule has 0 aliphatic carbocycles. The summed E-state index contributed by atoms with van der Waals surface area (Å²) in [5.41, 5.74) is 7.19. The lowest BCUT2D eigenvalue weighted by atomic mass is 10.2. The van der Waals surface area contributed by atoms with Crippen molar-refractivity contribution in [1.82, 2.24) is 0 Å². The molecule has 100 valence electrons. The van der Waals surface area contributed by atoms with Crippen molar-refractivity contribution >= 4 is 5.69 Å². The number of hydrogen-bond donors (Lipinski definition) is 2. The molecule has 0 aromatic heterocycles. The Morgan fingerprint density at radius 3 is 2.21 bits per heavy atom. The number of nitrogens with two attached hydrogens (primary N) is 1. The average Bonchev–Trinajstić information content (AvgIpc) is 2.44. The van der Waals surface area contributed by atoms with Gasteiger partial charge in [0.1, 0.15) is 24.7 Å². The molecule has 3 N–H and O–H groups in total. The highest BCUT2D eigenvalue weighted by atomic mass is 16.5. The standard InChI is InChI=1S/C15H17NO3/c16-13-2-1-3-15(10-13)19-9-8-18-14-6-4-12(11-17)5-7-14/h1-7,10,17H,8-9,11,16H2. The topological polar surface area (TPSA) is 64.7 Å². The Kier molecular flexibility index (Phi) is 4.64. The Hall–Kier alpha value is -2.20. The first-order valence-electron chi connectivity index (χ1n) is 6.09. The van der Waals surface area contributed by atoms with Crippen molar-refractivity contribution in [2.45, 2.75) is 6.61 Å². The summed E-state index contributed by atoms with van der Waals surface area (Å²) in [5, 5.41) is 8.92. The largest absolute Gasteiger partial charge is 0.490 e. The van der Waals surface area contributed by atoms with Gasteiger partial charge in [-0.2, -0.15) is 0 Å². The van der Waals surface area contributed by atoms with Gasteiger partial charge in [0.25, 0.3) is 0 Å². The quantitative estimate of drug-likeness (QED) is 0.616. The normalized spacial score (nSPS) is 10.2. The van der Waals surface area contributed by atoms with Crippen molar-refractivity contribution in [2.75, 3.05) is 18.9 Å². The SMILES string of the molecule is Nc1cccc(OCCOc2ccc(CO)cc2)c1. The van der Waals surface area contributed by atoms with Crippen LogP contribution in [-0.4, -0.2) is 18.3 Å². The fraction of sp³-hybridized carbons (Fsp3) is 0.200. The summed E-state index contributed by atoms with van der Waals surface area (Å²) in [6.07, 6.45) is 0. The van der Waals surface area contributed by atoms with Gasteiger partial charge in [-0.15, -0.1) is 0 Å². The highest BCUT2D eigenvalue weighted by molar-refractivity contribution is 5.43. The third-order valence-electron chi connectivity index (χ3n) is 2.58. The molecule has 0 saturated carbocycles. The van der Waals surface area contributed by atoms with Crippen molar-refractivity contribution in [3.05, 3.63) is 54.1 Å². The summed E-state index contributed by atoms with van der Waals surface area (Å²) < 4.78 is 11.0. The Bertz CT molecular complexity index is 511. The van der Waals surface area contributed by atoms with Gasteiger partial charge in [-0.3, -0.25) is 0 Å². The summed E-state index contributed by atoms with van der Waals surface area (Å²) in [7, 11) is 0. The maximum Gasteiger partial charge on any atom is 0.122 e. The summed E-state index contributed by atoms with van der Waals surface area (Å²) in [6, 6.07) is 14.6. The fourth-order valence-electron chi connectivity index (χ4n) is 1.61. The Morgan fingerprint density at radius 1 is 0.895 bits per heavy atom. The van der Waals surface area contributed by atoms with E-state index in [4.69, 9.17) is 20.3 Å². The number of rotatable bonds is 6. The molecule has 2 aromatic rings. The van der Waals surface area contributed by atoms with Crippen molar-refractivity contribution in [2.24, 2.45) is 0 Å². The number of benzene rings is 2. The van der Waals surface area contributed by atoms with E-state index in [1.807, 2.05) is 42.5 Å². The van der Waals surface area contributed by atoms with E-state index in [0.29, 0.717) is 18.9 Å². The molecule has 0 saturated heterocycles. The number of aliphatic hydroxyl groups excluding tert-OH is 1. The molecule has 2 aromatic carbocycles. The van der Waals surface area contributed by atoms with Crippen LogP contribution in [0.2, 0.25) is 0 Å². The van der Waals surface area contributed by atoms with E-state index < -0.39 is 0 Å². The molecular weight excluding hydrogens is 242 g/mol. The number of ether oxygens (including phenoxy) is 2. The van der Waals surface area contributed by atoms with Crippen LogP contribution in [0.3, 0.4) is 0 Å². The lowest BCUT2D eigenvalue weighted by molar-refractivity contribution is 0.217. The molecule has 0 spiro atoms. The summed E-state index contributed by atoms with van der Waals surface area (Å²) in [6.45, 7) is 0.942. The number of nitrogen functional groups attached to an aromatic ring is 1. The smallest absolute Gasteiger partial charge is 0.122 e.